The normalized spacial score (nSPS) is 11.5. The lowest BCUT2D eigenvalue weighted by molar-refractivity contribution is 0.0522. The Morgan fingerprint density at radius 2 is 1.66 bits per heavy atom. The molecule has 0 N–H and O–H groups in total. The van der Waals surface area contributed by atoms with Gasteiger partial charge in [-0.25, -0.2) is 9.18 Å². The van der Waals surface area contributed by atoms with E-state index >= 15 is 0 Å². The third kappa shape index (κ3) is 4.23. The first-order chi connectivity index (χ1) is 13.6. The smallest absolute Gasteiger partial charge is 0.435 e. The quantitative estimate of drug-likeness (QED) is 0.593. The Labute approximate surface area is 167 Å². The third-order valence-electron chi connectivity index (χ3n) is 4.21. The largest absolute Gasteiger partial charge is 0.442 e. The molecule has 0 aliphatic heterocycles. The van der Waals surface area contributed by atoms with Crippen molar-refractivity contribution < 1.29 is 23.5 Å². The van der Waals surface area contributed by atoms with E-state index in [9.17, 15) is 18.8 Å². The molecule has 0 amide bonds. The topological polar surface area (TPSA) is 78.3 Å². The third-order valence-corrected chi connectivity index (χ3v) is 4.21. The molecule has 0 radical (unpaired) electrons. The van der Waals surface area contributed by atoms with Crippen LogP contribution in [0.25, 0.3) is 10.9 Å². The Morgan fingerprint density at radius 3 is 2.24 bits per heavy atom. The molecule has 0 saturated heterocycles. The van der Waals surface area contributed by atoms with Crippen molar-refractivity contribution in [2.45, 2.75) is 39.7 Å². The summed E-state index contributed by atoms with van der Waals surface area (Å²) in [5.41, 5.74) is 0.186. The van der Waals surface area contributed by atoms with E-state index in [0.29, 0.717) is 22.9 Å². The van der Waals surface area contributed by atoms with E-state index in [1.165, 1.54) is 30.3 Å². The Hall–Kier alpha value is -3.35. The number of halogens is 1. The first-order valence-electron chi connectivity index (χ1n) is 9.20. The molecule has 7 heteroatoms. The van der Waals surface area contributed by atoms with Crippen molar-refractivity contribution in [1.29, 1.82) is 0 Å². The monoisotopic (exact) mass is 396 g/mol. The van der Waals surface area contributed by atoms with Gasteiger partial charge in [0.2, 0.25) is 5.78 Å². The summed E-state index contributed by atoms with van der Waals surface area (Å²) in [5, 5.41) is 4.59. The van der Waals surface area contributed by atoms with Crippen molar-refractivity contribution in [1.82, 2.24) is 9.78 Å². The lowest BCUT2D eigenvalue weighted by Crippen LogP contribution is -2.28. The maximum absolute atomic E-state index is 13.2. The molecular formula is C22H21FN2O4. The summed E-state index contributed by atoms with van der Waals surface area (Å²) in [4.78, 5) is 37.7. The van der Waals surface area contributed by atoms with Crippen LogP contribution in [0, 0.1) is 5.82 Å². The average molecular weight is 396 g/mol. The summed E-state index contributed by atoms with van der Waals surface area (Å²) in [6, 6.07) is 9.77. The average Bonchev–Trinajstić information content (AvgIpc) is 3.05. The number of Topliss-reactive ketones (excluding diaryl/α,β-unsaturated/α-hetero) is 1. The van der Waals surface area contributed by atoms with Crippen LogP contribution in [0.2, 0.25) is 0 Å². The molecule has 0 saturated carbocycles. The second-order valence-electron chi connectivity index (χ2n) is 7.59. The van der Waals surface area contributed by atoms with Crippen LogP contribution in [0.15, 0.2) is 42.5 Å². The van der Waals surface area contributed by atoms with E-state index in [0.717, 1.165) is 4.68 Å². The highest BCUT2D eigenvalue weighted by Gasteiger charge is 2.25. The van der Waals surface area contributed by atoms with Crippen LogP contribution in [0.4, 0.5) is 9.18 Å². The molecule has 1 heterocycles. The standard InChI is InChI=1S/C22H21FN2O4/c1-5-18(26)14-8-11-16-17(12-14)25(21(28)29-22(2,3)4)24-19(16)20(27)13-6-9-15(23)10-7-13/h6-12H,5H2,1-4H3. The van der Waals surface area contributed by atoms with Crippen LogP contribution < -0.4 is 0 Å². The number of carbonyl (C=O) groups excluding carboxylic acids is 3. The van der Waals surface area contributed by atoms with Crippen molar-refractivity contribution in [2.24, 2.45) is 0 Å². The van der Waals surface area contributed by atoms with Gasteiger partial charge in [-0.3, -0.25) is 9.59 Å². The van der Waals surface area contributed by atoms with Gasteiger partial charge in [-0.2, -0.15) is 9.78 Å². The number of ether oxygens (including phenoxy) is 1. The molecule has 3 rings (SSSR count). The highest BCUT2D eigenvalue weighted by Crippen LogP contribution is 2.24. The molecule has 0 bridgehead atoms. The molecule has 0 unspecified atom stereocenters. The lowest BCUT2D eigenvalue weighted by atomic mass is 10.0. The fourth-order valence-electron chi connectivity index (χ4n) is 2.84. The van der Waals surface area contributed by atoms with Crippen LogP contribution >= 0.6 is 0 Å². The minimum Gasteiger partial charge on any atom is -0.442 e. The fraction of sp³-hybridized carbons (Fsp3) is 0.273. The number of benzene rings is 2. The number of carbonyl (C=O) groups is 3. The summed E-state index contributed by atoms with van der Waals surface area (Å²) >= 11 is 0. The Bertz CT molecular complexity index is 1110. The van der Waals surface area contributed by atoms with Crippen molar-refractivity contribution in [3.63, 3.8) is 0 Å². The Balaban J connectivity index is 2.17. The molecule has 0 atom stereocenters. The first kappa shape index (κ1) is 20.4. The molecule has 1 aromatic heterocycles. The van der Waals surface area contributed by atoms with Gasteiger partial charge in [0.1, 0.15) is 17.1 Å². The SMILES string of the molecule is CCC(=O)c1ccc2c(C(=O)c3ccc(F)cc3)nn(C(=O)OC(C)(C)C)c2c1. The molecular weight excluding hydrogens is 375 g/mol. The van der Waals surface area contributed by atoms with Gasteiger partial charge in [0.05, 0.1) is 5.52 Å². The number of aromatic nitrogens is 2. The van der Waals surface area contributed by atoms with Gasteiger partial charge in [-0.1, -0.05) is 13.0 Å². The fourth-order valence-corrected chi connectivity index (χ4v) is 2.84. The van der Waals surface area contributed by atoms with Gasteiger partial charge in [-0.05, 0) is 57.2 Å². The Kier molecular flexibility index (Phi) is 5.33. The van der Waals surface area contributed by atoms with Gasteiger partial charge in [0, 0.05) is 22.9 Å². The van der Waals surface area contributed by atoms with E-state index in [-0.39, 0.29) is 17.0 Å². The highest BCUT2D eigenvalue weighted by atomic mass is 19.1. The van der Waals surface area contributed by atoms with E-state index in [1.807, 2.05) is 0 Å². The second kappa shape index (κ2) is 7.58. The minimum atomic E-state index is -0.771. The molecule has 6 nitrogen and oxygen atoms in total. The van der Waals surface area contributed by atoms with Gasteiger partial charge in [0.15, 0.2) is 5.78 Å². The summed E-state index contributed by atoms with van der Waals surface area (Å²) in [6.07, 6.45) is -0.463. The molecule has 0 aliphatic rings. The number of fused-ring (bicyclic) bond motifs is 1. The summed E-state index contributed by atoms with van der Waals surface area (Å²) < 4.78 is 19.6. The van der Waals surface area contributed by atoms with Crippen LogP contribution in [-0.4, -0.2) is 33.0 Å². The van der Waals surface area contributed by atoms with Crippen molar-refractivity contribution in [3.8, 4) is 0 Å². The lowest BCUT2D eigenvalue weighted by Gasteiger charge is -2.19. The number of rotatable bonds is 4. The molecule has 0 fully saturated rings. The maximum atomic E-state index is 13.2. The predicted molar refractivity (Wildman–Crippen MR) is 106 cm³/mol. The van der Waals surface area contributed by atoms with Crippen molar-refractivity contribution in [3.05, 3.63) is 65.1 Å². The van der Waals surface area contributed by atoms with E-state index in [2.05, 4.69) is 5.10 Å². The molecule has 2 aromatic carbocycles. The van der Waals surface area contributed by atoms with Crippen LogP contribution in [0.1, 0.15) is 60.5 Å². The zero-order chi connectivity index (χ0) is 21.3. The first-order valence-corrected chi connectivity index (χ1v) is 9.20. The van der Waals surface area contributed by atoms with Crippen LogP contribution in [0.5, 0.6) is 0 Å². The predicted octanol–water partition coefficient (Wildman–Crippen LogP) is 4.78. The molecule has 150 valence electrons. The van der Waals surface area contributed by atoms with Crippen molar-refractivity contribution >= 4 is 28.6 Å². The highest BCUT2D eigenvalue weighted by molar-refractivity contribution is 6.16. The molecule has 29 heavy (non-hydrogen) atoms. The second-order valence-corrected chi connectivity index (χ2v) is 7.59. The molecule has 3 aromatic rings. The van der Waals surface area contributed by atoms with E-state index in [1.54, 1.807) is 39.8 Å². The zero-order valence-electron chi connectivity index (χ0n) is 16.7. The number of hydrogen-bond acceptors (Lipinski definition) is 5. The molecule has 0 spiro atoms. The van der Waals surface area contributed by atoms with E-state index in [4.69, 9.17) is 4.74 Å². The number of nitrogens with zero attached hydrogens (tertiary/aromatic N) is 2. The Morgan fingerprint density at radius 1 is 1.03 bits per heavy atom. The number of ketones is 2. The minimum absolute atomic E-state index is 0.0213. The van der Waals surface area contributed by atoms with E-state index < -0.39 is 23.3 Å². The maximum Gasteiger partial charge on any atom is 0.435 e. The number of hydrogen-bond donors (Lipinski definition) is 0. The summed E-state index contributed by atoms with van der Waals surface area (Å²) in [7, 11) is 0. The van der Waals surface area contributed by atoms with Crippen LogP contribution in [-0.2, 0) is 4.74 Å². The zero-order valence-corrected chi connectivity index (χ0v) is 16.7. The van der Waals surface area contributed by atoms with Crippen molar-refractivity contribution in [2.75, 3.05) is 0 Å². The van der Waals surface area contributed by atoms with Crippen LogP contribution in [0.3, 0.4) is 0 Å². The molecule has 0 aliphatic carbocycles. The van der Waals surface area contributed by atoms with Gasteiger partial charge in [-0.15, -0.1) is 0 Å². The summed E-state index contributed by atoms with van der Waals surface area (Å²) in [6.45, 7) is 6.88. The van der Waals surface area contributed by atoms with Gasteiger partial charge in [0.25, 0.3) is 0 Å². The van der Waals surface area contributed by atoms with Gasteiger partial charge >= 0.3 is 6.09 Å². The summed E-state index contributed by atoms with van der Waals surface area (Å²) in [5.74, 6) is -1.03. The van der Waals surface area contributed by atoms with Gasteiger partial charge < -0.3 is 4.74 Å².